The lowest BCUT2D eigenvalue weighted by Crippen LogP contribution is -2.05. The monoisotopic (exact) mass is 206 g/mol. The Morgan fingerprint density at radius 3 is 2.93 bits per heavy atom. The number of hydrogen-bond acceptors (Lipinski definition) is 3. The highest BCUT2D eigenvalue weighted by molar-refractivity contribution is 5.78. The first kappa shape index (κ1) is 9.73. The van der Waals surface area contributed by atoms with Crippen LogP contribution >= 0.6 is 0 Å². The van der Waals surface area contributed by atoms with Crippen LogP contribution in [0, 0.1) is 0 Å². The number of fused-ring (bicyclic) bond motifs is 1. The maximum absolute atomic E-state index is 10.4. The molecule has 1 heterocycles. The van der Waals surface area contributed by atoms with Crippen molar-refractivity contribution < 1.29 is 19.4 Å². The van der Waals surface area contributed by atoms with Crippen molar-refractivity contribution in [1.82, 2.24) is 0 Å². The van der Waals surface area contributed by atoms with Crippen molar-refractivity contribution in [2.75, 3.05) is 0 Å². The summed E-state index contributed by atoms with van der Waals surface area (Å²) in [5.41, 5.74) is 1.31. The summed E-state index contributed by atoms with van der Waals surface area (Å²) >= 11 is 0. The number of aliphatic hydroxyl groups is 1. The van der Waals surface area contributed by atoms with Gasteiger partial charge in [-0.2, -0.15) is 0 Å². The molecule has 0 aliphatic heterocycles. The second kappa shape index (κ2) is 3.74. The predicted octanol–water partition coefficient (Wildman–Crippen LogP) is 1.94. The van der Waals surface area contributed by atoms with Gasteiger partial charge < -0.3 is 14.6 Å². The van der Waals surface area contributed by atoms with Crippen LogP contribution in [-0.4, -0.2) is 16.2 Å². The lowest BCUT2D eigenvalue weighted by atomic mass is 10.1. The third kappa shape index (κ3) is 1.99. The summed E-state index contributed by atoms with van der Waals surface area (Å²) < 4.78 is 5.14. The van der Waals surface area contributed by atoms with Crippen molar-refractivity contribution in [3.05, 3.63) is 36.1 Å². The van der Waals surface area contributed by atoms with E-state index in [1.54, 1.807) is 30.5 Å². The lowest BCUT2D eigenvalue weighted by Gasteiger charge is -2.07. The van der Waals surface area contributed by atoms with Gasteiger partial charge in [0.25, 0.3) is 0 Å². The van der Waals surface area contributed by atoms with Crippen LogP contribution in [0.25, 0.3) is 11.0 Å². The third-order valence-corrected chi connectivity index (χ3v) is 2.23. The van der Waals surface area contributed by atoms with Gasteiger partial charge in [0.1, 0.15) is 5.58 Å². The van der Waals surface area contributed by atoms with Crippen molar-refractivity contribution in [2.24, 2.45) is 0 Å². The molecule has 78 valence electrons. The lowest BCUT2D eigenvalue weighted by molar-refractivity contribution is -0.139. The number of carboxylic acid groups (broad SMARTS) is 1. The number of carboxylic acids is 1. The van der Waals surface area contributed by atoms with E-state index in [0.717, 1.165) is 11.0 Å². The summed E-state index contributed by atoms with van der Waals surface area (Å²) in [6, 6.07) is 6.88. The second-order valence-electron chi connectivity index (χ2n) is 3.33. The highest BCUT2D eigenvalue weighted by atomic mass is 16.4. The van der Waals surface area contributed by atoms with Crippen LogP contribution < -0.4 is 0 Å². The Balaban J connectivity index is 2.30. The first-order valence-electron chi connectivity index (χ1n) is 4.54. The predicted molar refractivity (Wildman–Crippen MR) is 53.4 cm³/mol. The average Bonchev–Trinajstić information content (AvgIpc) is 2.62. The Hall–Kier alpha value is -1.81. The molecule has 0 spiro atoms. The first-order chi connectivity index (χ1) is 7.16. The SMILES string of the molecule is O=C(O)C[C@H](O)c1ccc2occc2c1. The molecule has 0 aliphatic rings. The Labute approximate surface area is 85.8 Å². The molecule has 0 amide bonds. The first-order valence-corrected chi connectivity index (χ1v) is 4.54. The molecule has 0 saturated heterocycles. The fraction of sp³-hybridized carbons (Fsp3) is 0.182. The van der Waals surface area contributed by atoms with Gasteiger partial charge in [0, 0.05) is 5.39 Å². The van der Waals surface area contributed by atoms with Gasteiger partial charge in [-0.25, -0.2) is 0 Å². The minimum absolute atomic E-state index is 0.288. The van der Waals surface area contributed by atoms with E-state index in [2.05, 4.69) is 0 Å². The molecule has 2 aromatic rings. The van der Waals surface area contributed by atoms with Gasteiger partial charge in [0.05, 0.1) is 18.8 Å². The zero-order chi connectivity index (χ0) is 10.8. The quantitative estimate of drug-likeness (QED) is 0.805. The summed E-state index contributed by atoms with van der Waals surface area (Å²) in [5, 5.41) is 19.0. The van der Waals surface area contributed by atoms with Crippen LogP contribution in [0.4, 0.5) is 0 Å². The molecule has 0 aliphatic carbocycles. The molecule has 0 bridgehead atoms. The highest BCUT2D eigenvalue weighted by Crippen LogP contribution is 2.22. The molecule has 1 atom stereocenters. The summed E-state index contributed by atoms with van der Waals surface area (Å²) in [4.78, 5) is 10.4. The summed E-state index contributed by atoms with van der Waals surface area (Å²) in [7, 11) is 0. The Morgan fingerprint density at radius 2 is 2.20 bits per heavy atom. The van der Waals surface area contributed by atoms with E-state index in [4.69, 9.17) is 9.52 Å². The molecule has 1 aromatic heterocycles. The number of aliphatic carboxylic acids is 1. The molecule has 15 heavy (non-hydrogen) atoms. The molecule has 0 radical (unpaired) electrons. The largest absolute Gasteiger partial charge is 0.481 e. The molecule has 1 aromatic carbocycles. The van der Waals surface area contributed by atoms with E-state index in [-0.39, 0.29) is 6.42 Å². The number of benzene rings is 1. The number of aliphatic hydroxyl groups excluding tert-OH is 1. The number of carbonyl (C=O) groups is 1. The van der Waals surface area contributed by atoms with E-state index in [9.17, 15) is 9.90 Å². The van der Waals surface area contributed by atoms with Gasteiger partial charge >= 0.3 is 5.97 Å². The Kier molecular flexibility index (Phi) is 2.43. The van der Waals surface area contributed by atoms with E-state index in [0.29, 0.717) is 5.56 Å². The van der Waals surface area contributed by atoms with Crippen LogP contribution in [0.2, 0.25) is 0 Å². The minimum atomic E-state index is -1.02. The molecular weight excluding hydrogens is 196 g/mol. The highest BCUT2D eigenvalue weighted by Gasteiger charge is 2.12. The van der Waals surface area contributed by atoms with E-state index < -0.39 is 12.1 Å². The van der Waals surface area contributed by atoms with E-state index in [1.165, 1.54) is 0 Å². The summed E-state index contributed by atoms with van der Waals surface area (Å²) in [5.74, 6) is -1.02. The van der Waals surface area contributed by atoms with Crippen molar-refractivity contribution in [2.45, 2.75) is 12.5 Å². The van der Waals surface area contributed by atoms with Gasteiger partial charge in [-0.1, -0.05) is 6.07 Å². The van der Waals surface area contributed by atoms with Crippen LogP contribution in [-0.2, 0) is 4.79 Å². The summed E-state index contributed by atoms with van der Waals surface area (Å²) in [6.07, 6.45) is 0.295. The van der Waals surface area contributed by atoms with Crippen molar-refractivity contribution >= 4 is 16.9 Å². The topological polar surface area (TPSA) is 70.7 Å². The molecule has 2 rings (SSSR count). The maximum Gasteiger partial charge on any atom is 0.306 e. The third-order valence-electron chi connectivity index (χ3n) is 2.23. The Morgan fingerprint density at radius 1 is 1.40 bits per heavy atom. The molecule has 2 N–H and O–H groups in total. The van der Waals surface area contributed by atoms with Crippen molar-refractivity contribution in [1.29, 1.82) is 0 Å². The van der Waals surface area contributed by atoms with Gasteiger partial charge in [0.2, 0.25) is 0 Å². The minimum Gasteiger partial charge on any atom is -0.481 e. The second-order valence-corrected chi connectivity index (χ2v) is 3.33. The van der Waals surface area contributed by atoms with Gasteiger partial charge in [-0.3, -0.25) is 4.79 Å². The molecule has 0 unspecified atom stereocenters. The van der Waals surface area contributed by atoms with Crippen LogP contribution in [0.1, 0.15) is 18.1 Å². The van der Waals surface area contributed by atoms with E-state index >= 15 is 0 Å². The fourth-order valence-electron chi connectivity index (χ4n) is 1.48. The molecule has 0 saturated carbocycles. The maximum atomic E-state index is 10.4. The van der Waals surface area contributed by atoms with Crippen LogP contribution in [0.15, 0.2) is 34.9 Å². The van der Waals surface area contributed by atoms with Gasteiger partial charge in [-0.05, 0) is 23.8 Å². The number of furan rings is 1. The molecule has 4 nitrogen and oxygen atoms in total. The standard InChI is InChI=1S/C11H10O4/c12-9(6-11(13)14)7-1-2-10-8(5-7)3-4-15-10/h1-5,9,12H,6H2,(H,13,14)/t9-/m0/s1. The van der Waals surface area contributed by atoms with Crippen molar-refractivity contribution in [3.63, 3.8) is 0 Å². The smallest absolute Gasteiger partial charge is 0.306 e. The molecular formula is C11H10O4. The summed E-state index contributed by atoms with van der Waals surface area (Å²) in [6.45, 7) is 0. The number of rotatable bonds is 3. The van der Waals surface area contributed by atoms with Gasteiger partial charge in [0.15, 0.2) is 0 Å². The zero-order valence-electron chi connectivity index (χ0n) is 7.88. The average molecular weight is 206 g/mol. The normalized spacial score (nSPS) is 12.9. The van der Waals surface area contributed by atoms with E-state index in [1.807, 2.05) is 0 Å². The van der Waals surface area contributed by atoms with Crippen LogP contribution in [0.3, 0.4) is 0 Å². The molecule has 0 fully saturated rings. The van der Waals surface area contributed by atoms with Crippen LogP contribution in [0.5, 0.6) is 0 Å². The zero-order valence-corrected chi connectivity index (χ0v) is 7.88. The van der Waals surface area contributed by atoms with Gasteiger partial charge in [-0.15, -0.1) is 0 Å². The Bertz CT molecular complexity index is 486. The molecule has 4 heteroatoms. The van der Waals surface area contributed by atoms with Crippen molar-refractivity contribution in [3.8, 4) is 0 Å². The number of hydrogen-bond donors (Lipinski definition) is 2. The fourth-order valence-corrected chi connectivity index (χ4v) is 1.48.